The number of hydrogen-bond donors (Lipinski definition) is 2. The van der Waals surface area contributed by atoms with Crippen LogP contribution in [0.15, 0.2) is 53.6 Å². The molecule has 0 bridgehead atoms. The fraction of sp³-hybridized carbons (Fsp3) is 0.125. The second kappa shape index (κ2) is 5.28. The summed E-state index contributed by atoms with van der Waals surface area (Å²) >= 11 is 0. The zero-order chi connectivity index (χ0) is 14.8. The number of anilines is 1. The third-order valence-corrected chi connectivity index (χ3v) is 3.46. The molecule has 106 valence electrons. The van der Waals surface area contributed by atoms with Crippen molar-refractivity contribution in [2.45, 2.75) is 13.3 Å². The van der Waals surface area contributed by atoms with Crippen LogP contribution in [0.3, 0.4) is 0 Å². The summed E-state index contributed by atoms with van der Waals surface area (Å²) in [5.41, 5.74) is 9.09. The number of pyridine rings is 1. The van der Waals surface area contributed by atoms with Crippen molar-refractivity contribution in [2.75, 3.05) is 5.73 Å². The number of nitrogens with zero attached hydrogens (tertiary/aromatic N) is 2. The first-order valence-electron chi connectivity index (χ1n) is 6.82. The van der Waals surface area contributed by atoms with Crippen molar-refractivity contribution < 1.29 is 0 Å². The molecule has 21 heavy (non-hydrogen) atoms. The Morgan fingerprint density at radius 1 is 1.24 bits per heavy atom. The van der Waals surface area contributed by atoms with Crippen molar-refractivity contribution in [3.63, 3.8) is 0 Å². The van der Waals surface area contributed by atoms with Crippen LogP contribution in [-0.4, -0.2) is 14.8 Å². The highest BCUT2D eigenvalue weighted by molar-refractivity contribution is 5.69. The van der Waals surface area contributed by atoms with Crippen LogP contribution < -0.4 is 11.2 Å². The smallest absolute Gasteiger partial charge is 0.191 e. The number of aromatic amines is 1. The second-order valence-electron chi connectivity index (χ2n) is 4.74. The minimum absolute atomic E-state index is 0.0684. The van der Waals surface area contributed by atoms with E-state index in [9.17, 15) is 4.79 Å². The van der Waals surface area contributed by atoms with Gasteiger partial charge in [-0.05, 0) is 18.6 Å². The first-order valence-corrected chi connectivity index (χ1v) is 6.82. The van der Waals surface area contributed by atoms with Crippen molar-refractivity contribution >= 4 is 5.82 Å². The maximum Gasteiger partial charge on any atom is 0.191 e. The van der Waals surface area contributed by atoms with Crippen molar-refractivity contribution in [3.8, 4) is 16.9 Å². The number of aromatic nitrogens is 3. The van der Waals surface area contributed by atoms with Crippen LogP contribution in [0.4, 0.5) is 5.82 Å². The molecule has 0 aliphatic carbocycles. The molecule has 3 aromatic rings. The maximum absolute atomic E-state index is 12.0. The molecule has 0 fully saturated rings. The van der Waals surface area contributed by atoms with E-state index >= 15 is 0 Å². The summed E-state index contributed by atoms with van der Waals surface area (Å²) in [6.07, 6.45) is 3.98. The number of hydrogen-bond acceptors (Lipinski definition) is 3. The number of nitrogen functional groups attached to an aromatic ring is 1. The van der Waals surface area contributed by atoms with Crippen molar-refractivity contribution in [2.24, 2.45) is 0 Å². The van der Waals surface area contributed by atoms with Gasteiger partial charge in [0.05, 0.1) is 11.3 Å². The molecule has 1 aromatic carbocycles. The molecule has 0 aliphatic heterocycles. The van der Waals surface area contributed by atoms with Gasteiger partial charge >= 0.3 is 0 Å². The first-order chi connectivity index (χ1) is 10.2. The molecule has 2 heterocycles. The topological polar surface area (TPSA) is 76.7 Å². The molecular formula is C16H16N4O. The van der Waals surface area contributed by atoms with Gasteiger partial charge in [-0.15, -0.1) is 0 Å². The highest BCUT2D eigenvalue weighted by Gasteiger charge is 2.18. The largest absolute Gasteiger partial charge is 0.383 e. The van der Waals surface area contributed by atoms with Crippen LogP contribution in [0.25, 0.3) is 16.9 Å². The maximum atomic E-state index is 12.0. The second-order valence-corrected chi connectivity index (χ2v) is 4.74. The van der Waals surface area contributed by atoms with E-state index in [0.29, 0.717) is 23.5 Å². The molecule has 0 saturated heterocycles. The average molecular weight is 280 g/mol. The van der Waals surface area contributed by atoms with Crippen molar-refractivity contribution in [1.82, 2.24) is 14.8 Å². The van der Waals surface area contributed by atoms with Crippen LogP contribution >= 0.6 is 0 Å². The number of H-pyrrole nitrogens is 1. The van der Waals surface area contributed by atoms with E-state index < -0.39 is 0 Å². The minimum Gasteiger partial charge on any atom is -0.383 e. The Morgan fingerprint density at radius 3 is 2.67 bits per heavy atom. The number of rotatable bonds is 3. The van der Waals surface area contributed by atoms with E-state index in [4.69, 9.17) is 5.73 Å². The predicted octanol–water partition coefficient (Wildman–Crippen LogP) is 2.37. The summed E-state index contributed by atoms with van der Waals surface area (Å²) in [5.74, 6) is 0.571. The van der Waals surface area contributed by atoms with Crippen molar-refractivity contribution in [3.05, 3.63) is 64.6 Å². The monoisotopic (exact) mass is 280 g/mol. The van der Waals surface area contributed by atoms with Crippen LogP contribution in [0.5, 0.6) is 0 Å². The molecule has 3 rings (SSSR count). The summed E-state index contributed by atoms with van der Waals surface area (Å²) in [6, 6.07) is 11.1. The number of nitrogens with one attached hydrogen (secondary N) is 1. The molecule has 3 N–H and O–H groups in total. The molecule has 0 radical (unpaired) electrons. The zero-order valence-electron chi connectivity index (χ0n) is 11.7. The van der Waals surface area contributed by atoms with E-state index in [1.807, 2.05) is 37.3 Å². The average Bonchev–Trinajstić information content (AvgIpc) is 2.85. The van der Waals surface area contributed by atoms with Gasteiger partial charge in [0.2, 0.25) is 0 Å². The quantitative estimate of drug-likeness (QED) is 0.773. The molecule has 2 aromatic heterocycles. The Morgan fingerprint density at radius 2 is 2.00 bits per heavy atom. The summed E-state index contributed by atoms with van der Waals surface area (Å²) in [5, 5.41) is 4.55. The summed E-state index contributed by atoms with van der Waals surface area (Å²) in [7, 11) is 0. The SMILES string of the molecule is CCc1c(-c2c[nH]ccc2=O)nn(-c2ccccc2)c1N. The van der Waals surface area contributed by atoms with Gasteiger partial charge in [-0.3, -0.25) is 4.79 Å². The Balaban J connectivity index is 2.24. The van der Waals surface area contributed by atoms with E-state index in [-0.39, 0.29) is 5.43 Å². The number of benzene rings is 1. The first kappa shape index (κ1) is 13.2. The van der Waals surface area contributed by atoms with Crippen LogP contribution in [0.1, 0.15) is 12.5 Å². The molecule has 0 aliphatic rings. The van der Waals surface area contributed by atoms with Crippen LogP contribution in [0.2, 0.25) is 0 Å². The standard InChI is InChI=1S/C16H16N4O/c1-2-12-15(13-10-18-9-8-14(13)21)19-20(16(12)17)11-6-4-3-5-7-11/h3-10H,2,17H2,1H3,(H,18,21). The fourth-order valence-electron chi connectivity index (χ4n) is 2.40. The Hall–Kier alpha value is -2.82. The molecule has 5 nitrogen and oxygen atoms in total. The Labute approximate surface area is 122 Å². The molecular weight excluding hydrogens is 264 g/mol. The number of para-hydroxylation sites is 1. The van der Waals surface area contributed by atoms with Gasteiger partial charge in [0.1, 0.15) is 11.5 Å². The summed E-state index contributed by atoms with van der Waals surface area (Å²) in [6.45, 7) is 2.00. The van der Waals surface area contributed by atoms with E-state index in [2.05, 4.69) is 10.1 Å². The predicted molar refractivity (Wildman–Crippen MR) is 83.4 cm³/mol. The van der Waals surface area contributed by atoms with Crippen LogP contribution in [-0.2, 0) is 6.42 Å². The molecule has 0 saturated carbocycles. The fourth-order valence-corrected chi connectivity index (χ4v) is 2.40. The zero-order valence-corrected chi connectivity index (χ0v) is 11.7. The highest BCUT2D eigenvalue weighted by atomic mass is 16.1. The molecule has 0 amide bonds. The highest BCUT2D eigenvalue weighted by Crippen LogP contribution is 2.27. The van der Waals surface area contributed by atoms with Gasteiger partial charge in [0.25, 0.3) is 0 Å². The van der Waals surface area contributed by atoms with Gasteiger partial charge in [-0.1, -0.05) is 25.1 Å². The number of nitrogens with two attached hydrogens (primary N) is 1. The molecule has 0 atom stereocenters. The van der Waals surface area contributed by atoms with Gasteiger partial charge in [-0.25, -0.2) is 4.68 Å². The lowest BCUT2D eigenvalue weighted by Crippen LogP contribution is -2.04. The third kappa shape index (κ3) is 2.23. The summed E-state index contributed by atoms with van der Waals surface area (Å²) < 4.78 is 1.68. The van der Waals surface area contributed by atoms with E-state index in [0.717, 1.165) is 11.3 Å². The van der Waals surface area contributed by atoms with Crippen molar-refractivity contribution in [1.29, 1.82) is 0 Å². The van der Waals surface area contributed by atoms with Gasteiger partial charge in [-0.2, -0.15) is 5.10 Å². The van der Waals surface area contributed by atoms with E-state index in [1.165, 1.54) is 6.07 Å². The van der Waals surface area contributed by atoms with Gasteiger partial charge in [0.15, 0.2) is 5.43 Å². The van der Waals surface area contributed by atoms with Gasteiger partial charge in [0, 0.05) is 24.0 Å². The summed E-state index contributed by atoms with van der Waals surface area (Å²) in [4.78, 5) is 15.0. The van der Waals surface area contributed by atoms with Gasteiger partial charge < -0.3 is 10.7 Å². The Bertz CT molecular complexity index is 818. The lowest BCUT2D eigenvalue weighted by Gasteiger charge is -2.03. The molecule has 0 unspecified atom stereocenters. The third-order valence-electron chi connectivity index (χ3n) is 3.46. The van der Waals surface area contributed by atoms with Crippen LogP contribution in [0, 0.1) is 0 Å². The molecule has 5 heteroatoms. The Kier molecular flexibility index (Phi) is 3.31. The lowest BCUT2D eigenvalue weighted by atomic mass is 10.1. The van der Waals surface area contributed by atoms with E-state index in [1.54, 1.807) is 17.1 Å². The minimum atomic E-state index is -0.0684. The molecule has 0 spiro atoms. The lowest BCUT2D eigenvalue weighted by molar-refractivity contribution is 0.894. The normalized spacial score (nSPS) is 10.7.